The van der Waals surface area contributed by atoms with E-state index in [4.69, 9.17) is 16.3 Å². The first kappa shape index (κ1) is 15.7. The molecule has 0 aliphatic carbocycles. The van der Waals surface area contributed by atoms with E-state index >= 15 is 0 Å². The minimum Gasteiger partial charge on any atom is -0.481 e. The van der Waals surface area contributed by atoms with Crippen molar-refractivity contribution in [2.45, 2.75) is 0 Å². The van der Waals surface area contributed by atoms with Crippen molar-refractivity contribution in [1.82, 2.24) is 0 Å². The summed E-state index contributed by atoms with van der Waals surface area (Å²) in [6, 6.07) is 9.27. The van der Waals surface area contributed by atoms with Crippen molar-refractivity contribution in [2.75, 3.05) is 11.9 Å². The lowest BCUT2D eigenvalue weighted by atomic mass is 10.3. The summed E-state index contributed by atoms with van der Waals surface area (Å²) >= 11 is 5.85. The van der Waals surface area contributed by atoms with Gasteiger partial charge in [0.25, 0.3) is 11.6 Å². The van der Waals surface area contributed by atoms with Crippen LogP contribution in [0.3, 0.4) is 0 Å². The number of hydrogen-bond acceptors (Lipinski definition) is 4. The van der Waals surface area contributed by atoms with Gasteiger partial charge in [-0.25, -0.2) is 4.39 Å². The Morgan fingerprint density at radius 2 is 2.05 bits per heavy atom. The first-order chi connectivity index (χ1) is 10.5. The van der Waals surface area contributed by atoms with Crippen LogP contribution in [0.1, 0.15) is 0 Å². The van der Waals surface area contributed by atoms with Crippen molar-refractivity contribution in [3.63, 3.8) is 0 Å². The maximum atomic E-state index is 13.3. The Hall–Kier alpha value is -2.67. The molecule has 0 heterocycles. The van der Waals surface area contributed by atoms with Crippen molar-refractivity contribution in [3.8, 4) is 5.75 Å². The number of benzene rings is 2. The predicted octanol–water partition coefficient (Wildman–Crippen LogP) is 3.40. The molecular formula is C14H10ClFN2O4. The maximum absolute atomic E-state index is 13.3. The molecule has 0 radical (unpaired) electrons. The Balaban J connectivity index is 2.02. The van der Waals surface area contributed by atoms with E-state index in [0.717, 1.165) is 6.07 Å². The highest BCUT2D eigenvalue weighted by molar-refractivity contribution is 6.33. The molecule has 2 aromatic carbocycles. The summed E-state index contributed by atoms with van der Waals surface area (Å²) < 4.78 is 18.3. The second kappa shape index (κ2) is 6.86. The quantitative estimate of drug-likeness (QED) is 0.675. The summed E-state index contributed by atoms with van der Waals surface area (Å²) in [6.07, 6.45) is 0. The van der Waals surface area contributed by atoms with Gasteiger partial charge in [0.1, 0.15) is 0 Å². The summed E-state index contributed by atoms with van der Waals surface area (Å²) in [5.41, 5.74) is -0.132. The molecule has 2 rings (SSSR count). The number of para-hydroxylation sites is 1. The maximum Gasteiger partial charge on any atom is 0.271 e. The monoisotopic (exact) mass is 324 g/mol. The van der Waals surface area contributed by atoms with Gasteiger partial charge >= 0.3 is 0 Å². The number of hydrogen-bond donors (Lipinski definition) is 1. The molecule has 0 fully saturated rings. The standard InChI is InChI=1S/C14H10ClFN2O4/c15-10-6-5-9(18(20)21)7-12(10)17-14(19)8-22-13-4-2-1-3-11(13)16/h1-7H,8H2,(H,17,19). The molecule has 0 saturated carbocycles. The van der Waals surface area contributed by atoms with Crippen LogP contribution in [0.25, 0.3) is 0 Å². The van der Waals surface area contributed by atoms with Crippen LogP contribution in [-0.2, 0) is 4.79 Å². The van der Waals surface area contributed by atoms with Gasteiger partial charge in [-0.05, 0) is 18.2 Å². The molecule has 8 heteroatoms. The Morgan fingerprint density at radius 1 is 1.32 bits per heavy atom. The third-order valence-corrected chi connectivity index (χ3v) is 2.96. The van der Waals surface area contributed by atoms with Gasteiger partial charge in [0.15, 0.2) is 18.2 Å². The zero-order valence-corrected chi connectivity index (χ0v) is 11.8. The third-order valence-electron chi connectivity index (χ3n) is 2.63. The predicted molar refractivity (Wildman–Crippen MR) is 78.6 cm³/mol. The molecule has 0 aliphatic rings. The van der Waals surface area contributed by atoms with E-state index in [1.807, 2.05) is 0 Å². The summed E-state index contributed by atoms with van der Waals surface area (Å²) in [5.74, 6) is -1.28. The lowest BCUT2D eigenvalue weighted by molar-refractivity contribution is -0.384. The topological polar surface area (TPSA) is 81.5 Å². The van der Waals surface area contributed by atoms with Crippen molar-refractivity contribution < 1.29 is 18.8 Å². The number of carbonyl (C=O) groups is 1. The van der Waals surface area contributed by atoms with E-state index in [9.17, 15) is 19.3 Å². The molecule has 0 aliphatic heterocycles. The molecular weight excluding hydrogens is 315 g/mol. The van der Waals surface area contributed by atoms with E-state index in [2.05, 4.69) is 5.32 Å². The van der Waals surface area contributed by atoms with Crippen LogP contribution in [0.2, 0.25) is 5.02 Å². The van der Waals surface area contributed by atoms with E-state index in [-0.39, 0.29) is 22.1 Å². The second-order valence-electron chi connectivity index (χ2n) is 4.19. The molecule has 0 saturated heterocycles. The van der Waals surface area contributed by atoms with Gasteiger partial charge in [-0.1, -0.05) is 23.7 Å². The van der Waals surface area contributed by atoms with Crippen LogP contribution in [-0.4, -0.2) is 17.4 Å². The van der Waals surface area contributed by atoms with Gasteiger partial charge in [-0.15, -0.1) is 0 Å². The fraction of sp³-hybridized carbons (Fsp3) is 0.0714. The number of nitro groups is 1. The molecule has 0 aromatic heterocycles. The van der Waals surface area contributed by atoms with E-state index in [0.29, 0.717) is 0 Å². The number of ether oxygens (including phenoxy) is 1. The van der Waals surface area contributed by atoms with Gasteiger partial charge < -0.3 is 10.1 Å². The van der Waals surface area contributed by atoms with E-state index in [1.165, 1.54) is 30.3 Å². The van der Waals surface area contributed by atoms with E-state index < -0.39 is 23.3 Å². The highest BCUT2D eigenvalue weighted by Gasteiger charge is 2.13. The van der Waals surface area contributed by atoms with E-state index in [1.54, 1.807) is 6.07 Å². The number of non-ortho nitro benzene ring substituents is 1. The average Bonchev–Trinajstić information content (AvgIpc) is 2.48. The zero-order valence-electron chi connectivity index (χ0n) is 11.1. The number of nitrogens with one attached hydrogen (secondary N) is 1. The average molecular weight is 325 g/mol. The summed E-state index contributed by atoms with van der Waals surface area (Å²) in [7, 11) is 0. The molecule has 0 atom stereocenters. The van der Waals surface area contributed by atoms with Crippen LogP contribution in [0.15, 0.2) is 42.5 Å². The molecule has 6 nitrogen and oxygen atoms in total. The van der Waals surface area contributed by atoms with Crippen LogP contribution in [0.5, 0.6) is 5.75 Å². The number of amides is 1. The zero-order chi connectivity index (χ0) is 16.1. The number of nitro benzene ring substituents is 1. The van der Waals surface area contributed by atoms with Crippen molar-refractivity contribution >= 4 is 28.9 Å². The van der Waals surface area contributed by atoms with Crippen molar-refractivity contribution in [2.24, 2.45) is 0 Å². The highest BCUT2D eigenvalue weighted by atomic mass is 35.5. The molecule has 0 unspecified atom stereocenters. The highest BCUT2D eigenvalue weighted by Crippen LogP contribution is 2.26. The fourth-order valence-electron chi connectivity index (χ4n) is 1.61. The van der Waals surface area contributed by atoms with Crippen LogP contribution in [0, 0.1) is 15.9 Å². The SMILES string of the molecule is O=C(COc1ccccc1F)Nc1cc([N+](=O)[O-])ccc1Cl. The summed E-state index contributed by atoms with van der Waals surface area (Å²) in [6.45, 7) is -0.458. The lowest BCUT2D eigenvalue weighted by Crippen LogP contribution is -2.20. The molecule has 114 valence electrons. The van der Waals surface area contributed by atoms with Crippen molar-refractivity contribution in [3.05, 3.63) is 63.4 Å². The van der Waals surface area contributed by atoms with Gasteiger partial charge in [0.2, 0.25) is 0 Å². The third kappa shape index (κ3) is 3.92. The minimum atomic E-state index is -0.620. The summed E-state index contributed by atoms with van der Waals surface area (Å²) in [4.78, 5) is 21.8. The van der Waals surface area contributed by atoms with Gasteiger partial charge in [0, 0.05) is 12.1 Å². The van der Waals surface area contributed by atoms with Crippen molar-refractivity contribution in [1.29, 1.82) is 0 Å². The Labute approximate surface area is 129 Å². The van der Waals surface area contributed by atoms with Crippen LogP contribution >= 0.6 is 11.6 Å². The Kier molecular flexibility index (Phi) is 4.90. The number of rotatable bonds is 5. The summed E-state index contributed by atoms with van der Waals surface area (Å²) in [5, 5.41) is 13.2. The molecule has 2 aromatic rings. The molecule has 0 bridgehead atoms. The first-order valence-corrected chi connectivity index (χ1v) is 6.46. The van der Waals surface area contributed by atoms with Crippen LogP contribution in [0.4, 0.5) is 15.8 Å². The largest absolute Gasteiger partial charge is 0.481 e. The number of carbonyl (C=O) groups excluding carboxylic acids is 1. The minimum absolute atomic E-state index is 0.0669. The first-order valence-electron chi connectivity index (χ1n) is 6.08. The number of anilines is 1. The van der Waals surface area contributed by atoms with Gasteiger partial charge in [0.05, 0.1) is 15.6 Å². The molecule has 1 N–H and O–H groups in total. The Bertz CT molecular complexity index is 724. The fourth-order valence-corrected chi connectivity index (χ4v) is 1.78. The normalized spacial score (nSPS) is 10.1. The molecule has 22 heavy (non-hydrogen) atoms. The molecule has 1 amide bonds. The number of nitrogens with zero attached hydrogens (tertiary/aromatic N) is 1. The van der Waals surface area contributed by atoms with Gasteiger partial charge in [-0.2, -0.15) is 0 Å². The number of halogens is 2. The molecule has 0 spiro atoms. The lowest BCUT2D eigenvalue weighted by Gasteiger charge is -2.09. The smallest absolute Gasteiger partial charge is 0.271 e. The van der Waals surface area contributed by atoms with Crippen LogP contribution < -0.4 is 10.1 Å². The Morgan fingerprint density at radius 3 is 2.73 bits per heavy atom. The second-order valence-corrected chi connectivity index (χ2v) is 4.60. The van der Waals surface area contributed by atoms with Gasteiger partial charge in [-0.3, -0.25) is 14.9 Å².